The van der Waals surface area contributed by atoms with Crippen LogP contribution in [0.2, 0.25) is 0 Å². The van der Waals surface area contributed by atoms with E-state index in [1.807, 2.05) is 0 Å². The standard InChI is InChI=1S/C10H20N2O2S/c1-13-6-5-11-10(15)12-8-3-4-9(7-8)14-2/h8-9H,3-7H2,1-2H3,(H2,11,12,15). The Hall–Kier alpha value is -0.390. The predicted molar refractivity (Wildman–Crippen MR) is 64.0 cm³/mol. The van der Waals surface area contributed by atoms with Crippen molar-refractivity contribution < 1.29 is 9.47 Å². The first kappa shape index (κ1) is 12.7. The van der Waals surface area contributed by atoms with Gasteiger partial charge in [0.25, 0.3) is 0 Å². The summed E-state index contributed by atoms with van der Waals surface area (Å²) < 4.78 is 10.2. The molecule has 0 aromatic rings. The van der Waals surface area contributed by atoms with Crippen molar-refractivity contribution in [2.45, 2.75) is 31.4 Å². The fourth-order valence-electron chi connectivity index (χ4n) is 1.79. The summed E-state index contributed by atoms with van der Waals surface area (Å²) in [5.74, 6) is 0. The monoisotopic (exact) mass is 232 g/mol. The number of ether oxygens (including phenoxy) is 2. The Balaban J connectivity index is 2.10. The number of hydrogen-bond acceptors (Lipinski definition) is 3. The minimum Gasteiger partial charge on any atom is -0.383 e. The van der Waals surface area contributed by atoms with Crippen molar-refractivity contribution in [1.29, 1.82) is 0 Å². The Bertz CT molecular complexity index is 202. The quantitative estimate of drug-likeness (QED) is 0.538. The maximum atomic E-state index is 5.30. The van der Waals surface area contributed by atoms with Crippen molar-refractivity contribution in [3.63, 3.8) is 0 Å². The third-order valence-corrected chi connectivity index (χ3v) is 2.91. The molecule has 1 aliphatic carbocycles. The van der Waals surface area contributed by atoms with Gasteiger partial charge >= 0.3 is 0 Å². The molecule has 0 aromatic carbocycles. The molecule has 1 aliphatic rings. The molecule has 2 atom stereocenters. The van der Waals surface area contributed by atoms with Crippen LogP contribution < -0.4 is 10.6 Å². The van der Waals surface area contributed by atoms with Crippen LogP contribution in [0, 0.1) is 0 Å². The Kier molecular flexibility index (Phi) is 5.90. The normalized spacial score (nSPS) is 25.2. The van der Waals surface area contributed by atoms with Gasteiger partial charge in [0.05, 0.1) is 12.7 Å². The second kappa shape index (κ2) is 6.98. The van der Waals surface area contributed by atoms with E-state index >= 15 is 0 Å². The molecule has 0 saturated heterocycles. The first-order chi connectivity index (χ1) is 7.26. The topological polar surface area (TPSA) is 42.5 Å². The van der Waals surface area contributed by atoms with Gasteiger partial charge in [0, 0.05) is 26.8 Å². The van der Waals surface area contributed by atoms with Crippen molar-refractivity contribution in [3.05, 3.63) is 0 Å². The molecule has 0 bridgehead atoms. The van der Waals surface area contributed by atoms with Crippen molar-refractivity contribution >= 4 is 17.3 Å². The highest BCUT2D eigenvalue weighted by atomic mass is 32.1. The zero-order chi connectivity index (χ0) is 11.1. The maximum absolute atomic E-state index is 5.30. The van der Waals surface area contributed by atoms with E-state index < -0.39 is 0 Å². The molecule has 88 valence electrons. The van der Waals surface area contributed by atoms with Gasteiger partial charge in [0.15, 0.2) is 5.11 Å². The minimum atomic E-state index is 0.393. The van der Waals surface area contributed by atoms with Crippen LogP contribution in [0.25, 0.3) is 0 Å². The Morgan fingerprint density at radius 2 is 2.20 bits per heavy atom. The molecule has 1 saturated carbocycles. The molecule has 1 rings (SSSR count). The fraction of sp³-hybridized carbons (Fsp3) is 0.900. The summed E-state index contributed by atoms with van der Waals surface area (Å²) >= 11 is 5.16. The summed E-state index contributed by atoms with van der Waals surface area (Å²) in [7, 11) is 3.44. The van der Waals surface area contributed by atoms with Crippen LogP contribution in [0.4, 0.5) is 0 Å². The van der Waals surface area contributed by atoms with Crippen LogP contribution in [-0.4, -0.2) is 44.6 Å². The maximum Gasteiger partial charge on any atom is 0.166 e. The third kappa shape index (κ3) is 4.77. The Morgan fingerprint density at radius 3 is 2.80 bits per heavy atom. The van der Waals surface area contributed by atoms with Gasteiger partial charge in [0.1, 0.15) is 0 Å². The number of thiocarbonyl (C=S) groups is 1. The van der Waals surface area contributed by atoms with Gasteiger partial charge < -0.3 is 20.1 Å². The molecular weight excluding hydrogens is 212 g/mol. The van der Waals surface area contributed by atoms with E-state index in [0.29, 0.717) is 23.9 Å². The summed E-state index contributed by atoms with van der Waals surface area (Å²) in [6, 6.07) is 0.456. The van der Waals surface area contributed by atoms with E-state index in [1.54, 1.807) is 14.2 Å². The van der Waals surface area contributed by atoms with Gasteiger partial charge in [-0.05, 0) is 31.5 Å². The van der Waals surface area contributed by atoms with E-state index in [0.717, 1.165) is 25.8 Å². The van der Waals surface area contributed by atoms with Crippen molar-refractivity contribution in [1.82, 2.24) is 10.6 Å². The van der Waals surface area contributed by atoms with Gasteiger partial charge in [-0.3, -0.25) is 0 Å². The summed E-state index contributed by atoms with van der Waals surface area (Å²) in [6.07, 6.45) is 3.69. The van der Waals surface area contributed by atoms with Gasteiger partial charge in [-0.2, -0.15) is 0 Å². The van der Waals surface area contributed by atoms with Gasteiger partial charge in [0.2, 0.25) is 0 Å². The van der Waals surface area contributed by atoms with E-state index in [-0.39, 0.29) is 0 Å². The lowest BCUT2D eigenvalue weighted by Crippen LogP contribution is -2.42. The molecule has 0 spiro atoms. The third-order valence-electron chi connectivity index (χ3n) is 2.64. The van der Waals surface area contributed by atoms with Crippen molar-refractivity contribution in [3.8, 4) is 0 Å². The molecule has 2 N–H and O–H groups in total. The summed E-state index contributed by atoms with van der Waals surface area (Å²) in [4.78, 5) is 0. The van der Waals surface area contributed by atoms with Gasteiger partial charge in [-0.25, -0.2) is 0 Å². The minimum absolute atomic E-state index is 0.393. The average Bonchev–Trinajstić information content (AvgIpc) is 2.66. The largest absolute Gasteiger partial charge is 0.383 e. The fourth-order valence-corrected chi connectivity index (χ4v) is 2.06. The van der Waals surface area contributed by atoms with E-state index in [9.17, 15) is 0 Å². The summed E-state index contributed by atoms with van der Waals surface area (Å²) in [5.41, 5.74) is 0. The van der Waals surface area contributed by atoms with Gasteiger partial charge in [-0.15, -0.1) is 0 Å². The molecule has 0 heterocycles. The lowest BCUT2D eigenvalue weighted by molar-refractivity contribution is 0.107. The molecule has 0 amide bonds. The second-order valence-corrected chi connectivity index (χ2v) is 4.17. The Labute approximate surface area is 96.7 Å². The zero-order valence-corrected chi connectivity index (χ0v) is 10.2. The van der Waals surface area contributed by atoms with Crippen LogP contribution in [0.3, 0.4) is 0 Å². The molecule has 0 aliphatic heterocycles. The van der Waals surface area contributed by atoms with Gasteiger partial charge in [-0.1, -0.05) is 0 Å². The van der Waals surface area contributed by atoms with Crippen LogP contribution in [0.15, 0.2) is 0 Å². The number of rotatable bonds is 5. The van der Waals surface area contributed by atoms with Crippen molar-refractivity contribution in [2.24, 2.45) is 0 Å². The SMILES string of the molecule is COCCNC(=S)NC1CCC(OC)C1. The van der Waals surface area contributed by atoms with Crippen LogP contribution in [0.5, 0.6) is 0 Å². The molecule has 5 heteroatoms. The van der Waals surface area contributed by atoms with E-state index in [1.165, 1.54) is 0 Å². The van der Waals surface area contributed by atoms with Crippen LogP contribution >= 0.6 is 12.2 Å². The number of hydrogen-bond donors (Lipinski definition) is 2. The molecule has 1 fully saturated rings. The smallest absolute Gasteiger partial charge is 0.166 e. The van der Waals surface area contributed by atoms with E-state index in [4.69, 9.17) is 21.7 Å². The molecule has 0 aromatic heterocycles. The molecule has 15 heavy (non-hydrogen) atoms. The molecule has 2 unspecified atom stereocenters. The highest BCUT2D eigenvalue weighted by Gasteiger charge is 2.24. The molecule has 0 radical (unpaired) electrons. The number of nitrogens with one attached hydrogen (secondary N) is 2. The van der Waals surface area contributed by atoms with E-state index in [2.05, 4.69) is 10.6 Å². The summed E-state index contributed by atoms with van der Waals surface area (Å²) in [6.45, 7) is 1.43. The predicted octanol–water partition coefficient (Wildman–Crippen LogP) is 0.664. The first-order valence-electron chi connectivity index (χ1n) is 5.32. The highest BCUT2D eigenvalue weighted by Crippen LogP contribution is 2.21. The van der Waals surface area contributed by atoms with Crippen LogP contribution in [-0.2, 0) is 9.47 Å². The molecule has 4 nitrogen and oxygen atoms in total. The Morgan fingerprint density at radius 1 is 1.40 bits per heavy atom. The van der Waals surface area contributed by atoms with Crippen LogP contribution in [0.1, 0.15) is 19.3 Å². The average molecular weight is 232 g/mol. The van der Waals surface area contributed by atoms with Crippen molar-refractivity contribution in [2.75, 3.05) is 27.4 Å². The number of methoxy groups -OCH3 is 2. The zero-order valence-electron chi connectivity index (χ0n) is 9.41. The summed E-state index contributed by atoms with van der Waals surface area (Å²) in [5, 5.41) is 7.10. The molecular formula is C10H20N2O2S. The lowest BCUT2D eigenvalue weighted by Gasteiger charge is -2.16. The first-order valence-corrected chi connectivity index (χ1v) is 5.73. The highest BCUT2D eigenvalue weighted by molar-refractivity contribution is 7.80. The lowest BCUT2D eigenvalue weighted by atomic mass is 10.2. The second-order valence-electron chi connectivity index (χ2n) is 3.76.